The van der Waals surface area contributed by atoms with E-state index in [1.807, 2.05) is 17.5 Å². The molecule has 3 nitrogen and oxygen atoms in total. The Morgan fingerprint density at radius 1 is 1.71 bits per heavy atom. The molecule has 2 N–H and O–H groups in total. The van der Waals surface area contributed by atoms with Gasteiger partial charge in [-0.25, -0.2) is 0 Å². The van der Waals surface area contributed by atoms with Gasteiger partial charge in [-0.2, -0.15) is 0 Å². The molecule has 1 aromatic rings. The van der Waals surface area contributed by atoms with Gasteiger partial charge in [-0.15, -0.1) is 11.3 Å². The molecule has 14 heavy (non-hydrogen) atoms. The summed E-state index contributed by atoms with van der Waals surface area (Å²) >= 11 is 1.51. The van der Waals surface area contributed by atoms with E-state index < -0.39 is 0 Å². The van der Waals surface area contributed by atoms with Crippen molar-refractivity contribution < 1.29 is 4.79 Å². The van der Waals surface area contributed by atoms with Crippen LogP contribution in [0.2, 0.25) is 0 Å². The van der Waals surface area contributed by atoms with Crippen LogP contribution in [0.1, 0.15) is 16.1 Å². The van der Waals surface area contributed by atoms with Gasteiger partial charge in [0.05, 0.1) is 11.4 Å². The lowest BCUT2D eigenvalue weighted by molar-refractivity contribution is 0.0992. The predicted octanol–water partition coefficient (Wildman–Crippen LogP) is 0.882. The quantitative estimate of drug-likeness (QED) is 0.725. The van der Waals surface area contributed by atoms with E-state index in [9.17, 15) is 4.79 Å². The molecule has 0 aromatic carbocycles. The fraction of sp³-hybridized carbons (Fsp3) is 0.500. The summed E-state index contributed by atoms with van der Waals surface area (Å²) in [5.41, 5.74) is 0. The van der Waals surface area contributed by atoms with Gasteiger partial charge in [0, 0.05) is 12.6 Å². The maximum absolute atomic E-state index is 11.6. The minimum Gasteiger partial charge on any atom is -0.315 e. The number of carbonyl (C=O) groups is 1. The fourth-order valence-electron chi connectivity index (χ4n) is 1.59. The van der Waals surface area contributed by atoms with Crippen LogP contribution >= 0.6 is 11.3 Å². The second-order valence-corrected chi connectivity index (χ2v) is 4.42. The molecule has 76 valence electrons. The van der Waals surface area contributed by atoms with Gasteiger partial charge in [0.25, 0.3) is 0 Å². The fourth-order valence-corrected chi connectivity index (χ4v) is 2.25. The van der Waals surface area contributed by atoms with Crippen LogP contribution in [0.25, 0.3) is 0 Å². The van der Waals surface area contributed by atoms with E-state index in [0.29, 0.717) is 12.6 Å². The van der Waals surface area contributed by atoms with Gasteiger partial charge < -0.3 is 10.6 Å². The molecule has 0 aliphatic carbocycles. The lowest BCUT2D eigenvalue weighted by Gasteiger charge is -2.09. The highest BCUT2D eigenvalue weighted by atomic mass is 32.1. The molecule has 1 saturated heterocycles. The van der Waals surface area contributed by atoms with Gasteiger partial charge in [-0.05, 0) is 24.4 Å². The molecule has 0 amide bonds. The van der Waals surface area contributed by atoms with Crippen molar-refractivity contribution in [3.63, 3.8) is 0 Å². The molecular weight excluding hydrogens is 196 g/mol. The summed E-state index contributed by atoms with van der Waals surface area (Å²) in [7, 11) is 0. The molecular formula is C10H14N2OS. The first-order chi connectivity index (χ1) is 6.86. The Balaban J connectivity index is 1.78. The largest absolute Gasteiger partial charge is 0.315 e. The highest BCUT2D eigenvalue weighted by Crippen LogP contribution is 2.08. The first-order valence-corrected chi connectivity index (χ1v) is 5.75. The van der Waals surface area contributed by atoms with E-state index >= 15 is 0 Å². The number of carbonyl (C=O) groups excluding carboxylic acids is 1. The Bertz CT molecular complexity index is 291. The number of thiophene rings is 1. The Labute approximate surface area is 87.5 Å². The van der Waals surface area contributed by atoms with Crippen LogP contribution in [-0.4, -0.2) is 31.5 Å². The number of hydrogen-bond donors (Lipinski definition) is 2. The van der Waals surface area contributed by atoms with Crippen molar-refractivity contribution in [1.82, 2.24) is 10.6 Å². The van der Waals surface area contributed by atoms with Crippen molar-refractivity contribution in [3.05, 3.63) is 22.4 Å². The van der Waals surface area contributed by atoms with Gasteiger partial charge in [-0.1, -0.05) is 6.07 Å². The second-order valence-electron chi connectivity index (χ2n) is 3.47. The van der Waals surface area contributed by atoms with Gasteiger partial charge in [0.15, 0.2) is 5.78 Å². The molecule has 4 heteroatoms. The zero-order valence-electron chi connectivity index (χ0n) is 7.95. The number of ketones is 1. The van der Waals surface area contributed by atoms with E-state index in [-0.39, 0.29) is 5.78 Å². The van der Waals surface area contributed by atoms with Gasteiger partial charge in [0.1, 0.15) is 0 Å². The van der Waals surface area contributed by atoms with Crippen LogP contribution < -0.4 is 10.6 Å². The Hall–Kier alpha value is -0.710. The van der Waals surface area contributed by atoms with Crippen molar-refractivity contribution in [1.29, 1.82) is 0 Å². The number of rotatable bonds is 4. The monoisotopic (exact) mass is 210 g/mol. The smallest absolute Gasteiger partial charge is 0.186 e. The average Bonchev–Trinajstić information content (AvgIpc) is 2.87. The molecule has 0 bridgehead atoms. The number of hydrogen-bond acceptors (Lipinski definition) is 4. The third kappa shape index (κ3) is 2.41. The number of nitrogens with one attached hydrogen (secondary N) is 2. The summed E-state index contributed by atoms with van der Waals surface area (Å²) in [4.78, 5) is 12.4. The van der Waals surface area contributed by atoms with Crippen LogP contribution in [-0.2, 0) is 0 Å². The van der Waals surface area contributed by atoms with Crippen LogP contribution in [0.5, 0.6) is 0 Å². The lowest BCUT2D eigenvalue weighted by Crippen LogP contribution is -2.34. The number of Topliss-reactive ketones (excluding diaryl/α,β-unsaturated/α-hetero) is 1. The molecule has 0 unspecified atom stereocenters. The van der Waals surface area contributed by atoms with Crippen LogP contribution in [0, 0.1) is 0 Å². The molecule has 1 aliphatic heterocycles. The van der Waals surface area contributed by atoms with Crippen LogP contribution in [0.3, 0.4) is 0 Å². The molecule has 1 aliphatic rings. The van der Waals surface area contributed by atoms with E-state index in [1.165, 1.54) is 11.3 Å². The topological polar surface area (TPSA) is 41.1 Å². The van der Waals surface area contributed by atoms with E-state index in [2.05, 4.69) is 10.6 Å². The SMILES string of the molecule is O=C(CN[C@H]1CCNC1)c1cccs1. The minimum absolute atomic E-state index is 0.201. The van der Waals surface area contributed by atoms with Crippen molar-refractivity contribution in [2.24, 2.45) is 0 Å². The first kappa shape index (κ1) is 9.83. The average molecular weight is 210 g/mol. The van der Waals surface area contributed by atoms with Crippen molar-refractivity contribution in [3.8, 4) is 0 Å². The standard InChI is InChI=1S/C10H14N2OS/c13-9(10-2-1-5-14-10)7-12-8-3-4-11-6-8/h1-2,5,8,11-12H,3-4,6-7H2/t8-/m0/s1. The van der Waals surface area contributed by atoms with Gasteiger partial charge in [0.2, 0.25) is 0 Å². The third-order valence-electron chi connectivity index (χ3n) is 2.41. The summed E-state index contributed by atoms with van der Waals surface area (Å²) in [6.07, 6.45) is 1.12. The Kier molecular flexibility index (Phi) is 3.29. The second kappa shape index (κ2) is 4.68. The van der Waals surface area contributed by atoms with E-state index in [4.69, 9.17) is 0 Å². The van der Waals surface area contributed by atoms with Crippen LogP contribution in [0.15, 0.2) is 17.5 Å². The predicted molar refractivity (Wildman–Crippen MR) is 57.9 cm³/mol. The highest BCUT2D eigenvalue weighted by Gasteiger charge is 2.15. The minimum atomic E-state index is 0.201. The van der Waals surface area contributed by atoms with Crippen molar-refractivity contribution >= 4 is 17.1 Å². The summed E-state index contributed by atoms with van der Waals surface area (Å²) in [5, 5.41) is 8.46. The van der Waals surface area contributed by atoms with Gasteiger partial charge in [-0.3, -0.25) is 4.79 Å². The van der Waals surface area contributed by atoms with Crippen molar-refractivity contribution in [2.45, 2.75) is 12.5 Å². The van der Waals surface area contributed by atoms with Crippen molar-refractivity contribution in [2.75, 3.05) is 19.6 Å². The molecule has 2 heterocycles. The molecule has 0 saturated carbocycles. The first-order valence-electron chi connectivity index (χ1n) is 4.87. The molecule has 2 rings (SSSR count). The summed E-state index contributed by atoms with van der Waals surface area (Å²) < 4.78 is 0. The van der Waals surface area contributed by atoms with Gasteiger partial charge >= 0.3 is 0 Å². The zero-order chi connectivity index (χ0) is 9.80. The normalized spacial score (nSPS) is 21.3. The summed E-state index contributed by atoms with van der Waals surface area (Å²) in [6, 6.07) is 4.26. The lowest BCUT2D eigenvalue weighted by atomic mass is 10.2. The van der Waals surface area contributed by atoms with E-state index in [1.54, 1.807) is 0 Å². The Morgan fingerprint density at radius 2 is 2.64 bits per heavy atom. The summed E-state index contributed by atoms with van der Waals surface area (Å²) in [6.45, 7) is 2.51. The zero-order valence-corrected chi connectivity index (χ0v) is 8.77. The molecule has 1 atom stereocenters. The molecule has 1 aromatic heterocycles. The Morgan fingerprint density at radius 3 is 3.29 bits per heavy atom. The van der Waals surface area contributed by atoms with Crippen LogP contribution in [0.4, 0.5) is 0 Å². The highest BCUT2D eigenvalue weighted by molar-refractivity contribution is 7.12. The molecule has 1 fully saturated rings. The maximum atomic E-state index is 11.6. The maximum Gasteiger partial charge on any atom is 0.186 e. The molecule has 0 radical (unpaired) electrons. The van der Waals surface area contributed by atoms with E-state index in [0.717, 1.165) is 24.4 Å². The summed E-state index contributed by atoms with van der Waals surface area (Å²) in [5.74, 6) is 0.201. The molecule has 0 spiro atoms. The third-order valence-corrected chi connectivity index (χ3v) is 3.32.